The molecule has 0 aromatic carbocycles. The molecule has 0 heterocycles. The van der Waals surface area contributed by atoms with E-state index in [2.05, 4.69) is 34.6 Å². The molecule has 0 radical (unpaired) electrons. The van der Waals surface area contributed by atoms with Crippen LogP contribution in [0.2, 0.25) is 0 Å². The van der Waals surface area contributed by atoms with Crippen LogP contribution in [0, 0.1) is 52.3 Å². The fourth-order valence-electron chi connectivity index (χ4n) is 9.35. The monoisotopic (exact) mass is 420 g/mol. The van der Waals surface area contributed by atoms with E-state index >= 15 is 0 Å². The lowest BCUT2D eigenvalue weighted by Gasteiger charge is -2.62. The summed E-state index contributed by atoms with van der Waals surface area (Å²) in [6, 6.07) is 0. The van der Waals surface area contributed by atoms with Crippen molar-refractivity contribution in [3.8, 4) is 0 Å². The first-order valence-corrected chi connectivity index (χ1v) is 13.1. The number of aliphatic hydroxyl groups excluding tert-OH is 3. The summed E-state index contributed by atoms with van der Waals surface area (Å²) in [5, 5.41) is 31.9. The van der Waals surface area contributed by atoms with Gasteiger partial charge in [-0.1, -0.05) is 53.9 Å². The summed E-state index contributed by atoms with van der Waals surface area (Å²) in [7, 11) is 0. The lowest BCUT2D eigenvalue weighted by molar-refractivity contribution is -0.195. The maximum Gasteiger partial charge on any atom is 0.0804 e. The molecule has 174 valence electrons. The van der Waals surface area contributed by atoms with Gasteiger partial charge < -0.3 is 15.3 Å². The van der Waals surface area contributed by atoms with Gasteiger partial charge in [-0.15, -0.1) is 0 Å². The van der Waals surface area contributed by atoms with Crippen LogP contribution in [0.4, 0.5) is 0 Å². The zero-order valence-electron chi connectivity index (χ0n) is 20.2. The van der Waals surface area contributed by atoms with Crippen LogP contribution in [0.15, 0.2) is 0 Å². The average Bonchev–Trinajstić information content (AvgIpc) is 3.01. The van der Waals surface area contributed by atoms with Crippen molar-refractivity contribution in [2.24, 2.45) is 52.3 Å². The third kappa shape index (κ3) is 3.69. The molecule has 4 unspecified atom stereocenters. The molecule has 0 saturated heterocycles. The van der Waals surface area contributed by atoms with Crippen LogP contribution in [-0.4, -0.2) is 33.6 Å². The number of hydrogen-bond acceptors (Lipinski definition) is 3. The van der Waals surface area contributed by atoms with Crippen LogP contribution in [-0.2, 0) is 0 Å². The van der Waals surface area contributed by atoms with E-state index in [1.807, 2.05) is 0 Å². The quantitative estimate of drug-likeness (QED) is 0.557. The van der Waals surface area contributed by atoms with Gasteiger partial charge in [0.1, 0.15) is 0 Å². The minimum absolute atomic E-state index is 0.0245. The molecular formula is C27H48O3. The molecule has 0 aromatic heterocycles. The molecule has 3 nitrogen and oxygen atoms in total. The number of hydrogen-bond donors (Lipinski definition) is 3. The first-order valence-electron chi connectivity index (χ1n) is 13.1. The lowest BCUT2D eigenvalue weighted by atomic mass is 9.43. The third-order valence-corrected chi connectivity index (χ3v) is 10.9. The Balaban J connectivity index is 1.51. The van der Waals surface area contributed by atoms with E-state index in [-0.39, 0.29) is 17.4 Å². The Bertz CT molecular complexity index is 605. The van der Waals surface area contributed by atoms with Crippen molar-refractivity contribution < 1.29 is 15.3 Å². The van der Waals surface area contributed by atoms with Crippen molar-refractivity contribution in [2.45, 2.75) is 117 Å². The maximum atomic E-state index is 11.2. The van der Waals surface area contributed by atoms with Gasteiger partial charge in [-0.05, 0) is 97.2 Å². The van der Waals surface area contributed by atoms with Crippen molar-refractivity contribution >= 4 is 0 Å². The zero-order valence-corrected chi connectivity index (χ0v) is 20.2. The standard InChI is InChI=1S/C27H48O3/c1-16(2)7-6-8-17(3)19-9-10-20-18-13-23(28)22-14-24(29)25(30)15-27(22,5)21(18)11-12-26(19,20)4/h16-25,28-30H,6-15H2,1-5H3/t17-,18+,19-,20+,21+,22?,23?,24?,25?,26-,27-/m1/s1. The van der Waals surface area contributed by atoms with Gasteiger partial charge >= 0.3 is 0 Å². The largest absolute Gasteiger partial charge is 0.393 e. The molecule has 0 spiro atoms. The van der Waals surface area contributed by atoms with Crippen molar-refractivity contribution in [1.82, 2.24) is 0 Å². The van der Waals surface area contributed by atoms with Gasteiger partial charge in [-0.2, -0.15) is 0 Å². The molecule has 4 saturated carbocycles. The Morgan fingerprint density at radius 3 is 2.17 bits per heavy atom. The molecule has 0 bridgehead atoms. The van der Waals surface area contributed by atoms with Gasteiger partial charge in [0.2, 0.25) is 0 Å². The van der Waals surface area contributed by atoms with E-state index < -0.39 is 12.2 Å². The molecule has 0 aliphatic heterocycles. The van der Waals surface area contributed by atoms with Crippen LogP contribution in [0.3, 0.4) is 0 Å². The zero-order chi connectivity index (χ0) is 21.8. The molecule has 30 heavy (non-hydrogen) atoms. The van der Waals surface area contributed by atoms with E-state index in [4.69, 9.17) is 0 Å². The fraction of sp³-hybridized carbons (Fsp3) is 1.00. The fourth-order valence-corrected chi connectivity index (χ4v) is 9.35. The summed E-state index contributed by atoms with van der Waals surface area (Å²) >= 11 is 0. The molecule has 4 fully saturated rings. The number of fused-ring (bicyclic) bond motifs is 5. The van der Waals surface area contributed by atoms with Crippen molar-refractivity contribution in [3.63, 3.8) is 0 Å². The first-order chi connectivity index (χ1) is 14.1. The van der Waals surface area contributed by atoms with Gasteiger partial charge in [-0.25, -0.2) is 0 Å². The van der Waals surface area contributed by atoms with Gasteiger partial charge in [0, 0.05) is 0 Å². The summed E-state index contributed by atoms with van der Waals surface area (Å²) in [5.41, 5.74) is 0.400. The normalized spacial score (nSPS) is 51.9. The SMILES string of the molecule is CC(C)CCC[C@@H](C)[C@H]1CC[C@H]2[C@@H]3CC(O)C4CC(O)C(O)C[C@]4(C)[C@H]3CC[C@]12C. The summed E-state index contributed by atoms with van der Waals surface area (Å²) in [5.74, 6) is 4.51. The Labute approximate surface area is 185 Å². The molecule has 3 N–H and O–H groups in total. The molecule has 0 aromatic rings. The molecule has 4 aliphatic carbocycles. The average molecular weight is 421 g/mol. The van der Waals surface area contributed by atoms with Gasteiger partial charge in [0.25, 0.3) is 0 Å². The van der Waals surface area contributed by atoms with E-state index in [9.17, 15) is 15.3 Å². The van der Waals surface area contributed by atoms with Crippen molar-refractivity contribution in [2.75, 3.05) is 0 Å². The third-order valence-electron chi connectivity index (χ3n) is 10.9. The highest BCUT2D eigenvalue weighted by Crippen LogP contribution is 2.68. The topological polar surface area (TPSA) is 60.7 Å². The summed E-state index contributed by atoms with van der Waals surface area (Å²) in [6.45, 7) is 12.1. The second-order valence-corrected chi connectivity index (χ2v) is 12.9. The molecule has 3 heteroatoms. The first kappa shape index (κ1) is 23.1. The van der Waals surface area contributed by atoms with Crippen LogP contribution >= 0.6 is 0 Å². The van der Waals surface area contributed by atoms with E-state index in [0.29, 0.717) is 30.1 Å². The molecular weight excluding hydrogens is 372 g/mol. The van der Waals surface area contributed by atoms with Gasteiger partial charge in [0.05, 0.1) is 18.3 Å². The highest BCUT2D eigenvalue weighted by atomic mass is 16.3. The second kappa shape index (κ2) is 8.34. The van der Waals surface area contributed by atoms with Gasteiger partial charge in [-0.3, -0.25) is 0 Å². The summed E-state index contributed by atoms with van der Waals surface area (Å²) in [6.07, 6.45) is 9.88. The minimum atomic E-state index is -0.661. The van der Waals surface area contributed by atoms with E-state index in [1.54, 1.807) is 0 Å². The van der Waals surface area contributed by atoms with Crippen molar-refractivity contribution in [1.29, 1.82) is 0 Å². The molecule has 4 rings (SSSR count). The Kier molecular flexibility index (Phi) is 6.41. The van der Waals surface area contributed by atoms with E-state index in [0.717, 1.165) is 30.1 Å². The smallest absolute Gasteiger partial charge is 0.0804 e. The molecule has 0 amide bonds. The molecule has 11 atom stereocenters. The highest BCUT2D eigenvalue weighted by Gasteiger charge is 2.63. The van der Waals surface area contributed by atoms with E-state index in [1.165, 1.54) is 44.9 Å². The highest BCUT2D eigenvalue weighted by molar-refractivity contribution is 5.12. The molecule has 4 aliphatic rings. The summed E-state index contributed by atoms with van der Waals surface area (Å²) in [4.78, 5) is 0. The predicted molar refractivity (Wildman–Crippen MR) is 122 cm³/mol. The predicted octanol–water partition coefficient (Wildman–Crippen LogP) is 5.41. The van der Waals surface area contributed by atoms with Crippen LogP contribution in [0.5, 0.6) is 0 Å². The van der Waals surface area contributed by atoms with Crippen molar-refractivity contribution in [3.05, 3.63) is 0 Å². The number of aliphatic hydroxyl groups is 3. The van der Waals surface area contributed by atoms with Crippen LogP contribution in [0.1, 0.15) is 98.8 Å². The van der Waals surface area contributed by atoms with Crippen LogP contribution in [0.25, 0.3) is 0 Å². The maximum absolute atomic E-state index is 11.2. The Hall–Kier alpha value is -0.120. The lowest BCUT2D eigenvalue weighted by Crippen LogP contribution is -2.60. The Morgan fingerprint density at radius 2 is 1.47 bits per heavy atom. The Morgan fingerprint density at radius 1 is 0.767 bits per heavy atom. The van der Waals surface area contributed by atoms with Crippen LogP contribution < -0.4 is 0 Å². The summed E-state index contributed by atoms with van der Waals surface area (Å²) < 4.78 is 0. The second-order valence-electron chi connectivity index (χ2n) is 12.9. The minimum Gasteiger partial charge on any atom is -0.393 e. The number of rotatable bonds is 5. The van der Waals surface area contributed by atoms with Gasteiger partial charge in [0.15, 0.2) is 0 Å².